The summed E-state index contributed by atoms with van der Waals surface area (Å²) in [5.74, 6) is -0.443. The molecule has 0 aromatic rings. The number of carbonyl (C=O) groups excluding carboxylic acids is 2. The van der Waals surface area contributed by atoms with E-state index >= 15 is 0 Å². The van der Waals surface area contributed by atoms with Crippen molar-refractivity contribution >= 4 is 11.8 Å². The Morgan fingerprint density at radius 3 is 2.84 bits per heavy atom. The molecule has 0 bridgehead atoms. The van der Waals surface area contributed by atoms with Gasteiger partial charge in [0, 0.05) is 46.2 Å². The Kier molecular flexibility index (Phi) is 5.75. The summed E-state index contributed by atoms with van der Waals surface area (Å²) in [7, 11) is 1.57. The summed E-state index contributed by atoms with van der Waals surface area (Å²) in [6.07, 6.45) is 0.717. The number of hydrogen-bond acceptors (Lipinski definition) is 4. The van der Waals surface area contributed by atoms with Gasteiger partial charge in [0.2, 0.25) is 11.8 Å². The number of hydrogen-bond donors (Lipinski definition) is 2. The van der Waals surface area contributed by atoms with E-state index in [9.17, 15) is 14.7 Å². The first-order valence-corrected chi connectivity index (χ1v) is 6.66. The van der Waals surface area contributed by atoms with Gasteiger partial charge in [-0.25, -0.2) is 0 Å². The average Bonchev–Trinajstić information content (AvgIpc) is 2.75. The molecule has 1 aliphatic rings. The van der Waals surface area contributed by atoms with Crippen LogP contribution in [0.15, 0.2) is 0 Å². The lowest BCUT2D eigenvalue weighted by atomic mass is 10.0. The maximum absolute atomic E-state index is 11.9. The van der Waals surface area contributed by atoms with Crippen molar-refractivity contribution in [3.63, 3.8) is 0 Å². The maximum Gasteiger partial charge on any atom is 0.225 e. The zero-order chi connectivity index (χ0) is 14.5. The fourth-order valence-electron chi connectivity index (χ4n) is 2.09. The molecule has 2 N–H and O–H groups in total. The number of amides is 2. The minimum atomic E-state index is -0.987. The van der Waals surface area contributed by atoms with Crippen LogP contribution in [0.3, 0.4) is 0 Å². The maximum atomic E-state index is 11.9. The van der Waals surface area contributed by atoms with Crippen molar-refractivity contribution in [2.45, 2.75) is 32.3 Å². The largest absolute Gasteiger partial charge is 0.388 e. The first kappa shape index (κ1) is 15.9. The Hall–Kier alpha value is -1.14. The monoisotopic (exact) mass is 272 g/mol. The molecule has 1 aliphatic heterocycles. The molecule has 6 nitrogen and oxygen atoms in total. The summed E-state index contributed by atoms with van der Waals surface area (Å²) in [6, 6.07) is 0. The van der Waals surface area contributed by atoms with Crippen LogP contribution in [0.2, 0.25) is 0 Å². The van der Waals surface area contributed by atoms with E-state index in [1.54, 1.807) is 18.9 Å². The molecule has 0 aromatic heterocycles. The number of likely N-dealkylation sites (tertiary alicyclic amines) is 1. The SMILES string of the molecule is CCN1CC(C(=O)NCC(C)(O)CCOC)CC1=O. The Morgan fingerprint density at radius 2 is 2.32 bits per heavy atom. The van der Waals surface area contributed by atoms with Gasteiger partial charge in [-0.15, -0.1) is 0 Å². The van der Waals surface area contributed by atoms with E-state index < -0.39 is 5.60 Å². The topological polar surface area (TPSA) is 78.9 Å². The molecule has 2 unspecified atom stereocenters. The lowest BCUT2D eigenvalue weighted by Crippen LogP contribution is -2.43. The highest BCUT2D eigenvalue weighted by Crippen LogP contribution is 2.17. The molecule has 1 heterocycles. The Balaban J connectivity index is 2.38. The second kappa shape index (κ2) is 6.86. The van der Waals surface area contributed by atoms with Crippen molar-refractivity contribution in [2.24, 2.45) is 5.92 Å². The van der Waals surface area contributed by atoms with Crippen LogP contribution in [0.4, 0.5) is 0 Å². The molecule has 19 heavy (non-hydrogen) atoms. The number of methoxy groups -OCH3 is 1. The third-order valence-corrected chi connectivity index (χ3v) is 3.46. The van der Waals surface area contributed by atoms with Gasteiger partial charge in [0.25, 0.3) is 0 Å². The van der Waals surface area contributed by atoms with E-state index in [4.69, 9.17) is 4.74 Å². The second-order valence-corrected chi connectivity index (χ2v) is 5.29. The van der Waals surface area contributed by atoms with E-state index in [2.05, 4.69) is 5.32 Å². The molecular formula is C13H24N2O4. The number of aliphatic hydroxyl groups is 1. The van der Waals surface area contributed by atoms with Gasteiger partial charge in [-0.1, -0.05) is 0 Å². The van der Waals surface area contributed by atoms with Gasteiger partial charge in [0.1, 0.15) is 0 Å². The van der Waals surface area contributed by atoms with E-state index in [-0.39, 0.29) is 30.7 Å². The van der Waals surface area contributed by atoms with Crippen molar-refractivity contribution in [3.8, 4) is 0 Å². The molecule has 0 saturated carbocycles. The highest BCUT2D eigenvalue weighted by molar-refractivity contribution is 5.89. The van der Waals surface area contributed by atoms with Gasteiger partial charge < -0.3 is 20.1 Å². The zero-order valence-corrected chi connectivity index (χ0v) is 11.9. The van der Waals surface area contributed by atoms with Crippen LogP contribution in [-0.2, 0) is 14.3 Å². The Labute approximate surface area is 114 Å². The van der Waals surface area contributed by atoms with Crippen LogP contribution in [0.5, 0.6) is 0 Å². The number of ether oxygens (including phenoxy) is 1. The smallest absolute Gasteiger partial charge is 0.225 e. The lowest BCUT2D eigenvalue weighted by molar-refractivity contribution is -0.129. The Bertz CT molecular complexity index is 331. The van der Waals surface area contributed by atoms with Crippen LogP contribution in [-0.4, -0.2) is 60.8 Å². The molecule has 2 atom stereocenters. The summed E-state index contributed by atoms with van der Waals surface area (Å²) >= 11 is 0. The second-order valence-electron chi connectivity index (χ2n) is 5.29. The molecule has 1 saturated heterocycles. The zero-order valence-electron chi connectivity index (χ0n) is 11.9. The number of carbonyl (C=O) groups is 2. The molecular weight excluding hydrogens is 248 g/mol. The fourth-order valence-corrected chi connectivity index (χ4v) is 2.09. The molecule has 0 radical (unpaired) electrons. The van der Waals surface area contributed by atoms with E-state index in [0.29, 0.717) is 26.1 Å². The molecule has 110 valence electrons. The summed E-state index contributed by atoms with van der Waals surface area (Å²) in [5, 5.41) is 12.7. The van der Waals surface area contributed by atoms with E-state index in [1.165, 1.54) is 0 Å². The van der Waals surface area contributed by atoms with Gasteiger partial charge in [-0.2, -0.15) is 0 Å². The van der Waals surface area contributed by atoms with Crippen LogP contribution in [0, 0.1) is 5.92 Å². The summed E-state index contributed by atoms with van der Waals surface area (Å²) in [5.41, 5.74) is -0.987. The van der Waals surface area contributed by atoms with Crippen molar-refractivity contribution < 1.29 is 19.4 Å². The highest BCUT2D eigenvalue weighted by Gasteiger charge is 2.34. The van der Waals surface area contributed by atoms with Crippen molar-refractivity contribution in [2.75, 3.05) is 33.4 Å². The predicted octanol–water partition coefficient (Wildman–Crippen LogP) is -0.241. The van der Waals surface area contributed by atoms with Gasteiger partial charge in [0.15, 0.2) is 0 Å². The van der Waals surface area contributed by atoms with Crippen LogP contribution in [0.25, 0.3) is 0 Å². The average molecular weight is 272 g/mol. The molecule has 1 rings (SSSR count). The lowest BCUT2D eigenvalue weighted by Gasteiger charge is -2.24. The summed E-state index contributed by atoms with van der Waals surface area (Å²) in [4.78, 5) is 25.2. The minimum Gasteiger partial charge on any atom is -0.388 e. The van der Waals surface area contributed by atoms with Crippen molar-refractivity contribution in [1.29, 1.82) is 0 Å². The van der Waals surface area contributed by atoms with E-state index in [1.807, 2.05) is 6.92 Å². The fraction of sp³-hybridized carbons (Fsp3) is 0.846. The Morgan fingerprint density at radius 1 is 1.63 bits per heavy atom. The number of nitrogens with zero attached hydrogens (tertiary/aromatic N) is 1. The number of nitrogens with one attached hydrogen (secondary N) is 1. The molecule has 2 amide bonds. The van der Waals surface area contributed by atoms with Gasteiger partial charge in [0.05, 0.1) is 11.5 Å². The van der Waals surface area contributed by atoms with Gasteiger partial charge in [-0.3, -0.25) is 9.59 Å². The normalized spacial score (nSPS) is 22.4. The summed E-state index contributed by atoms with van der Waals surface area (Å²) < 4.78 is 4.90. The quantitative estimate of drug-likeness (QED) is 0.670. The standard InChI is InChI=1S/C13H24N2O4/c1-4-15-8-10(7-11(15)16)12(17)14-9-13(2,18)5-6-19-3/h10,18H,4-9H2,1-3H3,(H,14,17). The van der Waals surface area contributed by atoms with Crippen LogP contribution in [0.1, 0.15) is 26.7 Å². The predicted molar refractivity (Wildman–Crippen MR) is 70.5 cm³/mol. The first-order chi connectivity index (χ1) is 8.89. The van der Waals surface area contributed by atoms with E-state index in [0.717, 1.165) is 0 Å². The molecule has 0 aromatic carbocycles. The minimum absolute atomic E-state index is 0.0220. The third-order valence-electron chi connectivity index (χ3n) is 3.46. The highest BCUT2D eigenvalue weighted by atomic mass is 16.5. The van der Waals surface area contributed by atoms with Crippen LogP contribution >= 0.6 is 0 Å². The van der Waals surface area contributed by atoms with Crippen molar-refractivity contribution in [1.82, 2.24) is 10.2 Å². The molecule has 0 aliphatic carbocycles. The molecule has 1 fully saturated rings. The molecule has 0 spiro atoms. The first-order valence-electron chi connectivity index (χ1n) is 6.66. The van der Waals surface area contributed by atoms with Gasteiger partial charge >= 0.3 is 0 Å². The molecule has 6 heteroatoms. The number of rotatable bonds is 7. The third kappa shape index (κ3) is 4.80. The van der Waals surface area contributed by atoms with Gasteiger partial charge in [-0.05, 0) is 13.8 Å². The summed E-state index contributed by atoms with van der Waals surface area (Å²) in [6.45, 7) is 5.27. The van der Waals surface area contributed by atoms with Crippen LogP contribution < -0.4 is 5.32 Å². The van der Waals surface area contributed by atoms with Crippen molar-refractivity contribution in [3.05, 3.63) is 0 Å².